The molecule has 0 unspecified atom stereocenters. The van der Waals surface area contributed by atoms with E-state index in [4.69, 9.17) is 9.47 Å². The molecule has 1 fully saturated rings. The van der Waals surface area contributed by atoms with Crippen LogP contribution in [0.2, 0.25) is 0 Å². The maximum absolute atomic E-state index is 12.1. The molecule has 0 aromatic heterocycles. The maximum atomic E-state index is 12.1. The lowest BCUT2D eigenvalue weighted by Gasteiger charge is -2.28. The van der Waals surface area contributed by atoms with Crippen LogP contribution in [0.25, 0.3) is 0 Å². The summed E-state index contributed by atoms with van der Waals surface area (Å²) in [6, 6.07) is 0. The molecule has 1 heterocycles. The summed E-state index contributed by atoms with van der Waals surface area (Å²) in [5.74, 6) is -0.648. The van der Waals surface area contributed by atoms with Crippen molar-refractivity contribution in [3.8, 4) is 0 Å². The third kappa shape index (κ3) is 1.26. The first kappa shape index (κ1) is 9.29. The largest absolute Gasteiger partial charge is 0.451 e. The van der Waals surface area contributed by atoms with Crippen molar-refractivity contribution in [2.24, 2.45) is 0 Å². The molecule has 0 amide bonds. The van der Waals surface area contributed by atoms with Crippen molar-refractivity contribution < 1.29 is 18.3 Å². The predicted molar refractivity (Wildman–Crippen MR) is 39.6 cm³/mol. The lowest BCUT2D eigenvalue weighted by atomic mass is 9.90. The molecule has 0 aromatic rings. The van der Waals surface area contributed by atoms with E-state index in [9.17, 15) is 8.78 Å². The van der Waals surface area contributed by atoms with Crippen molar-refractivity contribution in [3.63, 3.8) is 0 Å². The molecular formula is C8H12F2O2. The van der Waals surface area contributed by atoms with Crippen molar-refractivity contribution in [2.75, 3.05) is 0 Å². The van der Waals surface area contributed by atoms with Crippen LogP contribution in [-0.4, -0.2) is 11.2 Å². The Labute approximate surface area is 70.2 Å². The molecule has 12 heavy (non-hydrogen) atoms. The molecule has 1 aliphatic heterocycles. The summed E-state index contributed by atoms with van der Waals surface area (Å²) in [4.78, 5) is 0. The fourth-order valence-electron chi connectivity index (χ4n) is 0.807. The van der Waals surface area contributed by atoms with Gasteiger partial charge in [-0.3, -0.25) is 0 Å². The average molecular weight is 178 g/mol. The van der Waals surface area contributed by atoms with Crippen LogP contribution in [0.4, 0.5) is 8.78 Å². The number of rotatable bonds is 0. The van der Waals surface area contributed by atoms with E-state index in [0.29, 0.717) is 0 Å². The predicted octanol–water partition coefficient (Wildman–Crippen LogP) is 2.66. The lowest BCUT2D eigenvalue weighted by molar-refractivity contribution is 0.00578. The SMILES string of the molecule is CC1(C)OC(=C(F)F)OC1(C)C. The third-order valence-electron chi connectivity index (χ3n) is 2.30. The summed E-state index contributed by atoms with van der Waals surface area (Å²) in [7, 11) is 0. The summed E-state index contributed by atoms with van der Waals surface area (Å²) in [6.07, 6.45) is -1.91. The van der Waals surface area contributed by atoms with Crippen LogP contribution < -0.4 is 0 Å². The van der Waals surface area contributed by atoms with Gasteiger partial charge in [0.25, 0.3) is 0 Å². The molecule has 1 rings (SSSR count). The van der Waals surface area contributed by atoms with Crippen molar-refractivity contribution in [1.29, 1.82) is 0 Å². The molecule has 70 valence electrons. The van der Waals surface area contributed by atoms with Gasteiger partial charge in [0, 0.05) is 0 Å². The van der Waals surface area contributed by atoms with E-state index in [1.165, 1.54) is 0 Å². The minimum Gasteiger partial charge on any atom is -0.451 e. The highest BCUT2D eigenvalue weighted by Gasteiger charge is 2.50. The molecule has 2 nitrogen and oxygen atoms in total. The first-order valence-corrected chi connectivity index (χ1v) is 3.69. The van der Waals surface area contributed by atoms with Crippen molar-refractivity contribution >= 4 is 0 Å². The summed E-state index contributed by atoms with van der Waals surface area (Å²) in [6.45, 7) is 6.85. The Morgan fingerprint density at radius 3 is 1.50 bits per heavy atom. The molecule has 0 N–H and O–H groups in total. The Bertz CT molecular complexity index is 209. The van der Waals surface area contributed by atoms with Crippen LogP contribution in [0.15, 0.2) is 12.0 Å². The fourth-order valence-corrected chi connectivity index (χ4v) is 0.807. The molecule has 0 radical (unpaired) electrons. The van der Waals surface area contributed by atoms with Crippen LogP contribution in [-0.2, 0) is 9.47 Å². The van der Waals surface area contributed by atoms with Crippen molar-refractivity contribution in [3.05, 3.63) is 12.0 Å². The number of hydrogen-bond donors (Lipinski definition) is 0. The van der Waals surface area contributed by atoms with Gasteiger partial charge in [0.2, 0.25) is 0 Å². The van der Waals surface area contributed by atoms with Crippen molar-refractivity contribution in [2.45, 2.75) is 38.9 Å². The van der Waals surface area contributed by atoms with Gasteiger partial charge in [-0.15, -0.1) is 0 Å². The van der Waals surface area contributed by atoms with E-state index in [-0.39, 0.29) is 0 Å². The van der Waals surface area contributed by atoms with Gasteiger partial charge in [-0.25, -0.2) is 0 Å². The molecular weight excluding hydrogens is 166 g/mol. The fraction of sp³-hybridized carbons (Fsp3) is 0.750. The lowest BCUT2D eigenvalue weighted by Crippen LogP contribution is -2.41. The van der Waals surface area contributed by atoms with Gasteiger partial charge in [0.15, 0.2) is 0 Å². The van der Waals surface area contributed by atoms with Crippen LogP contribution in [0.1, 0.15) is 27.7 Å². The van der Waals surface area contributed by atoms with Gasteiger partial charge >= 0.3 is 12.0 Å². The standard InChI is InChI=1S/C8H12F2O2/c1-7(2)8(3,4)12-6(11-7)5(9)10/h1-4H3. The number of ether oxygens (including phenoxy) is 2. The zero-order valence-electron chi connectivity index (χ0n) is 7.57. The Balaban J connectivity index is 2.97. The Hall–Kier alpha value is -0.800. The molecule has 0 atom stereocenters. The topological polar surface area (TPSA) is 18.5 Å². The molecule has 1 aliphatic rings. The normalized spacial score (nSPS) is 24.7. The maximum Gasteiger partial charge on any atom is 0.350 e. The van der Waals surface area contributed by atoms with E-state index in [2.05, 4.69) is 0 Å². The number of halogens is 2. The smallest absolute Gasteiger partial charge is 0.350 e. The second-order valence-electron chi connectivity index (χ2n) is 3.77. The zero-order valence-corrected chi connectivity index (χ0v) is 7.57. The van der Waals surface area contributed by atoms with E-state index < -0.39 is 23.2 Å². The van der Waals surface area contributed by atoms with E-state index in [1.807, 2.05) is 0 Å². The van der Waals surface area contributed by atoms with E-state index in [0.717, 1.165) is 0 Å². The van der Waals surface area contributed by atoms with E-state index in [1.54, 1.807) is 27.7 Å². The monoisotopic (exact) mass is 178 g/mol. The quantitative estimate of drug-likeness (QED) is 0.567. The molecule has 0 bridgehead atoms. The molecule has 4 heteroatoms. The zero-order chi connectivity index (χ0) is 9.57. The second-order valence-corrected chi connectivity index (χ2v) is 3.77. The van der Waals surface area contributed by atoms with Gasteiger partial charge < -0.3 is 9.47 Å². The minimum atomic E-state index is -1.91. The van der Waals surface area contributed by atoms with Crippen molar-refractivity contribution in [1.82, 2.24) is 0 Å². The van der Waals surface area contributed by atoms with Crippen LogP contribution in [0.3, 0.4) is 0 Å². The summed E-state index contributed by atoms with van der Waals surface area (Å²) >= 11 is 0. The highest BCUT2D eigenvalue weighted by Crippen LogP contribution is 2.41. The first-order valence-electron chi connectivity index (χ1n) is 3.69. The third-order valence-corrected chi connectivity index (χ3v) is 2.30. The summed E-state index contributed by atoms with van der Waals surface area (Å²) < 4.78 is 34.0. The highest BCUT2D eigenvalue weighted by atomic mass is 19.3. The second kappa shape index (κ2) is 2.34. The minimum absolute atomic E-state index is 0.648. The molecule has 1 saturated heterocycles. The molecule has 0 aromatic carbocycles. The number of hydrogen-bond acceptors (Lipinski definition) is 2. The molecule has 0 spiro atoms. The van der Waals surface area contributed by atoms with Gasteiger partial charge in [-0.1, -0.05) is 0 Å². The van der Waals surface area contributed by atoms with Crippen LogP contribution in [0.5, 0.6) is 0 Å². The summed E-state index contributed by atoms with van der Waals surface area (Å²) in [5.41, 5.74) is -1.43. The Morgan fingerprint density at radius 2 is 1.33 bits per heavy atom. The van der Waals surface area contributed by atoms with Gasteiger partial charge in [-0.2, -0.15) is 8.78 Å². The van der Waals surface area contributed by atoms with E-state index >= 15 is 0 Å². The van der Waals surface area contributed by atoms with Crippen LogP contribution >= 0.6 is 0 Å². The first-order chi connectivity index (χ1) is 5.26. The van der Waals surface area contributed by atoms with Crippen LogP contribution in [0, 0.1) is 0 Å². The Morgan fingerprint density at radius 1 is 1.00 bits per heavy atom. The highest BCUT2D eigenvalue weighted by molar-refractivity contribution is 5.03. The van der Waals surface area contributed by atoms with Gasteiger partial charge in [0.05, 0.1) is 0 Å². The van der Waals surface area contributed by atoms with Gasteiger partial charge in [0.1, 0.15) is 11.2 Å². The molecule has 0 saturated carbocycles. The van der Waals surface area contributed by atoms with Gasteiger partial charge in [-0.05, 0) is 27.7 Å². The Kier molecular flexibility index (Phi) is 1.81. The average Bonchev–Trinajstić information content (AvgIpc) is 2.03. The molecule has 0 aliphatic carbocycles. The summed E-state index contributed by atoms with van der Waals surface area (Å²) in [5, 5.41) is 0.